The highest BCUT2D eigenvalue weighted by Crippen LogP contribution is 2.22. The molecule has 3 amide bonds. The van der Waals surface area contributed by atoms with E-state index in [9.17, 15) is 19.2 Å². The highest BCUT2D eigenvalue weighted by Gasteiger charge is 2.18. The summed E-state index contributed by atoms with van der Waals surface area (Å²) < 4.78 is 11.6. The van der Waals surface area contributed by atoms with Gasteiger partial charge in [0, 0.05) is 44.3 Å². The van der Waals surface area contributed by atoms with Crippen LogP contribution in [-0.2, 0) is 32.0 Å². The van der Waals surface area contributed by atoms with E-state index in [4.69, 9.17) is 9.47 Å². The quantitative estimate of drug-likeness (QED) is 0.0683. The van der Waals surface area contributed by atoms with Crippen molar-refractivity contribution in [1.29, 1.82) is 0 Å². The van der Waals surface area contributed by atoms with Crippen molar-refractivity contribution >= 4 is 48.7 Å². The van der Waals surface area contributed by atoms with Gasteiger partial charge < -0.3 is 44.3 Å². The second-order valence-corrected chi connectivity index (χ2v) is 14.2. The van der Waals surface area contributed by atoms with Crippen LogP contribution in [-0.4, -0.2) is 89.9 Å². The van der Waals surface area contributed by atoms with E-state index >= 15 is 0 Å². The van der Waals surface area contributed by atoms with Gasteiger partial charge in [-0.1, -0.05) is 86.5 Å². The van der Waals surface area contributed by atoms with E-state index in [1.807, 2.05) is 118 Å². The number of benzene rings is 4. The van der Waals surface area contributed by atoms with Gasteiger partial charge in [-0.15, -0.1) is 0 Å². The Balaban J connectivity index is 0.000000325. The lowest BCUT2D eigenvalue weighted by atomic mass is 10.1. The lowest BCUT2D eigenvalue weighted by molar-refractivity contribution is -0.122. The van der Waals surface area contributed by atoms with Gasteiger partial charge in [0.15, 0.2) is 0 Å². The molecule has 0 saturated heterocycles. The first-order valence-corrected chi connectivity index (χ1v) is 20.2. The molecule has 0 radical (unpaired) electrons. The molecule has 0 saturated carbocycles. The molecule has 3 N–H and O–H groups in total. The van der Waals surface area contributed by atoms with E-state index in [0.717, 1.165) is 60.7 Å². The molecule has 0 heterocycles. The highest BCUT2D eigenvalue weighted by atomic mass is 32.1. The molecule has 1 aliphatic carbocycles. The summed E-state index contributed by atoms with van der Waals surface area (Å²) in [5.41, 5.74) is 6.21. The van der Waals surface area contributed by atoms with Gasteiger partial charge in [-0.2, -0.15) is 0 Å². The summed E-state index contributed by atoms with van der Waals surface area (Å²) in [4.78, 5) is 48.4. The Morgan fingerprint density at radius 3 is 1.82 bits per heavy atom. The van der Waals surface area contributed by atoms with Gasteiger partial charge in [0.1, 0.15) is 24.3 Å². The minimum atomic E-state index is -0.267. The van der Waals surface area contributed by atoms with Crippen molar-refractivity contribution in [3.63, 3.8) is 0 Å². The van der Waals surface area contributed by atoms with Gasteiger partial charge in [0.25, 0.3) is 0 Å². The Morgan fingerprint density at radius 1 is 0.783 bits per heavy atom. The van der Waals surface area contributed by atoms with E-state index in [2.05, 4.69) is 64.9 Å². The monoisotopic (exact) mass is 838 g/mol. The Morgan fingerprint density at radius 2 is 1.33 bits per heavy atom. The molecule has 4 aromatic carbocycles. The van der Waals surface area contributed by atoms with Crippen molar-refractivity contribution in [2.24, 2.45) is 0 Å². The number of hydrogen-bond acceptors (Lipinski definition) is 10. The number of aldehydes is 1. The predicted molar refractivity (Wildman–Crippen MR) is 247 cm³/mol. The minimum Gasteiger partial charge on any atom is -0.497 e. The normalized spacial score (nSPS) is 11.6. The molecule has 13 heteroatoms. The first-order valence-electron chi connectivity index (χ1n) is 19.8. The topological polar surface area (TPSA) is 133 Å². The summed E-state index contributed by atoms with van der Waals surface area (Å²) in [5.74, 6) is 1.29. The second-order valence-electron chi connectivity index (χ2n) is 13.7. The summed E-state index contributed by atoms with van der Waals surface area (Å²) in [6.45, 7) is 4.27. The number of ether oxygens (including phenoxy) is 2. The number of nitrogens with one attached hydrogen (secondary N) is 3. The van der Waals surface area contributed by atoms with Crippen molar-refractivity contribution in [1.82, 2.24) is 20.3 Å². The maximum Gasteiger partial charge on any atom is 0.240 e. The van der Waals surface area contributed by atoms with Crippen molar-refractivity contribution in [3.05, 3.63) is 144 Å². The number of carbonyl (C=O) groups excluding carboxylic acids is 4. The molecule has 1 unspecified atom stereocenters. The molecule has 5 rings (SSSR count). The molecule has 4 aromatic rings. The summed E-state index contributed by atoms with van der Waals surface area (Å²) in [7, 11) is 9.02. The van der Waals surface area contributed by atoms with Crippen LogP contribution < -0.4 is 35.2 Å². The lowest BCUT2D eigenvalue weighted by Crippen LogP contribution is -2.40. The number of hydrogen-bond donors (Lipinski definition) is 4. The first kappa shape index (κ1) is 49.9. The van der Waals surface area contributed by atoms with Crippen molar-refractivity contribution < 1.29 is 28.7 Å². The number of amides is 3. The number of carbonyl (C=O) groups is 4. The number of allylic oxidation sites excluding steroid dienone is 3. The van der Waals surface area contributed by atoms with Crippen LogP contribution in [0.1, 0.15) is 37.8 Å². The smallest absolute Gasteiger partial charge is 0.240 e. The molecule has 1 aliphatic rings. The zero-order chi connectivity index (χ0) is 44.1. The van der Waals surface area contributed by atoms with Crippen LogP contribution in [0, 0.1) is 0 Å². The lowest BCUT2D eigenvalue weighted by Gasteiger charge is -2.25. The average Bonchev–Trinajstić information content (AvgIpc) is 3.28. The summed E-state index contributed by atoms with van der Waals surface area (Å²) in [5, 5.41) is 8.56. The van der Waals surface area contributed by atoms with E-state index in [-0.39, 0.29) is 37.5 Å². The van der Waals surface area contributed by atoms with Crippen LogP contribution in [0.4, 0.5) is 11.4 Å². The third kappa shape index (κ3) is 20.0. The van der Waals surface area contributed by atoms with Crippen molar-refractivity contribution in [3.8, 4) is 11.5 Å². The van der Waals surface area contributed by atoms with Gasteiger partial charge in [-0.05, 0) is 98.3 Å². The van der Waals surface area contributed by atoms with E-state index in [1.165, 1.54) is 21.7 Å². The maximum absolute atomic E-state index is 12.4. The molecule has 0 fully saturated rings. The van der Waals surface area contributed by atoms with Crippen LogP contribution in [0.15, 0.2) is 133 Å². The largest absolute Gasteiger partial charge is 0.497 e. The van der Waals surface area contributed by atoms with Crippen LogP contribution in [0.25, 0.3) is 0 Å². The molecule has 0 aromatic heterocycles. The van der Waals surface area contributed by atoms with Gasteiger partial charge in [-0.25, -0.2) is 0 Å². The minimum absolute atomic E-state index is 0.00150. The zero-order valence-electron chi connectivity index (χ0n) is 36.0. The van der Waals surface area contributed by atoms with Gasteiger partial charge in [0.05, 0.1) is 33.0 Å². The summed E-state index contributed by atoms with van der Waals surface area (Å²) in [6.07, 6.45) is 8.75. The fraction of sp³-hybridized carbons (Fsp3) is 0.319. The second kappa shape index (κ2) is 29.1. The molecule has 12 nitrogen and oxygen atoms in total. The standard InChI is InChI=1S/C21H28N4O3S.C9H11NO2.C9H13NO.C8H10/c1-16(13-17-7-3-2-4-8-17)24-21(28)15-25(29)19-10-6-5-9-18(19)23-14-20(27)22-11-12-26;1-10(7-11)8-3-5-9(12-2)6-4-8;1-10(2)8-4-6-9(11-3)7-5-8;1-2-8-6-4-3-5-7-8/h2-4,6-8,10,12,16,23,29H,5,9,11,13-15H2,1H3,(H,22,27)(H,24,28);3-7H,1-2H3;4-7H,1-3H3;3-7H,2H2,1H3. The Bertz CT molecular complexity index is 1890. The summed E-state index contributed by atoms with van der Waals surface area (Å²) in [6, 6.07) is 35.7. The highest BCUT2D eigenvalue weighted by molar-refractivity contribution is 7.77. The van der Waals surface area contributed by atoms with Crippen molar-refractivity contribution in [2.45, 2.75) is 45.6 Å². The van der Waals surface area contributed by atoms with Crippen LogP contribution in [0.2, 0.25) is 0 Å². The van der Waals surface area contributed by atoms with Crippen LogP contribution >= 0.6 is 12.8 Å². The Labute approximate surface area is 362 Å². The molecular weight excluding hydrogens is 777 g/mol. The number of methoxy groups -OCH3 is 2. The average molecular weight is 839 g/mol. The van der Waals surface area contributed by atoms with Crippen LogP contribution in [0.5, 0.6) is 11.5 Å². The molecule has 0 bridgehead atoms. The fourth-order valence-electron chi connectivity index (χ4n) is 5.51. The fourth-order valence-corrected chi connectivity index (χ4v) is 5.83. The number of rotatable bonds is 17. The SMILES string of the molecule is CC(Cc1ccccc1)NC(=O)CN(S)C1=C(NCC(=O)NCC=O)CCC=C1.CCc1ccccc1.COc1ccc(N(C)C)cc1.COc1ccc(N(C)C=O)cc1. The molecule has 0 aliphatic heterocycles. The zero-order valence-corrected chi connectivity index (χ0v) is 36.9. The molecule has 0 spiro atoms. The predicted octanol–water partition coefficient (Wildman–Crippen LogP) is 6.64. The van der Waals surface area contributed by atoms with E-state index < -0.39 is 0 Å². The number of thiol groups is 1. The third-order valence-electron chi connectivity index (χ3n) is 8.83. The molecule has 1 atom stereocenters. The number of anilines is 2. The van der Waals surface area contributed by atoms with Crippen LogP contribution in [0.3, 0.4) is 0 Å². The Kier molecular flexibility index (Phi) is 24.2. The van der Waals surface area contributed by atoms with E-state index in [1.54, 1.807) is 25.6 Å². The summed E-state index contributed by atoms with van der Waals surface area (Å²) >= 11 is 4.47. The number of aryl methyl sites for hydroxylation is 1. The molecular formula is C47H62N6O6S. The Hall–Kier alpha value is -6.21. The first-order chi connectivity index (χ1) is 28.9. The molecule has 322 valence electrons. The molecule has 60 heavy (non-hydrogen) atoms. The van der Waals surface area contributed by atoms with Gasteiger partial charge >= 0.3 is 0 Å². The van der Waals surface area contributed by atoms with Gasteiger partial charge in [0.2, 0.25) is 18.2 Å². The third-order valence-corrected chi connectivity index (χ3v) is 9.19. The number of nitrogens with zero attached hydrogens (tertiary/aromatic N) is 3. The van der Waals surface area contributed by atoms with Crippen molar-refractivity contribution in [2.75, 3.05) is 64.8 Å². The van der Waals surface area contributed by atoms with E-state index in [0.29, 0.717) is 6.29 Å². The maximum atomic E-state index is 12.4. The van der Waals surface area contributed by atoms with Gasteiger partial charge in [-0.3, -0.25) is 14.4 Å².